The number of thiazole rings is 1. The average molecular weight is 382 g/mol. The lowest BCUT2D eigenvalue weighted by Gasteiger charge is -2.15. The summed E-state index contributed by atoms with van der Waals surface area (Å²) in [5.74, 6) is -0.120. The monoisotopic (exact) mass is 381 g/mol. The van der Waals surface area contributed by atoms with Crippen LogP contribution in [0.2, 0.25) is 0 Å². The summed E-state index contributed by atoms with van der Waals surface area (Å²) in [5, 5.41) is 14.1. The van der Waals surface area contributed by atoms with Gasteiger partial charge < -0.3 is 5.11 Å². The Morgan fingerprint density at radius 3 is 2.39 bits per heavy atom. The van der Waals surface area contributed by atoms with E-state index in [0.717, 1.165) is 21.6 Å². The Balaban J connectivity index is 2.32. The second-order valence-electron chi connectivity index (χ2n) is 4.90. The molecule has 0 bridgehead atoms. The first-order valence-corrected chi connectivity index (χ1v) is 11.1. The van der Waals surface area contributed by atoms with E-state index in [1.807, 2.05) is 47.0 Å². The molecule has 0 radical (unpaired) electrons. The van der Waals surface area contributed by atoms with Crippen molar-refractivity contribution in [1.82, 2.24) is 0 Å². The van der Waals surface area contributed by atoms with E-state index in [4.69, 9.17) is 22.5 Å². The Bertz CT molecular complexity index is 861. The van der Waals surface area contributed by atoms with E-state index in [2.05, 4.69) is 6.92 Å². The van der Waals surface area contributed by atoms with Crippen LogP contribution in [0.1, 0.15) is 17.5 Å². The number of aromatic nitrogens is 1. The number of fused-ring (bicyclic) bond motifs is 1. The Labute approximate surface area is 149 Å². The Kier molecular flexibility index (Phi) is 5.23. The van der Waals surface area contributed by atoms with Gasteiger partial charge in [-0.2, -0.15) is 0 Å². The fourth-order valence-corrected chi connectivity index (χ4v) is 5.20. The predicted molar refractivity (Wildman–Crippen MR) is 99.6 cm³/mol. The molecule has 1 aromatic heterocycles. The van der Waals surface area contributed by atoms with Gasteiger partial charge in [0.15, 0.2) is 6.63 Å². The van der Waals surface area contributed by atoms with Crippen molar-refractivity contribution >= 4 is 61.9 Å². The third-order valence-corrected chi connectivity index (χ3v) is 6.45. The highest BCUT2D eigenvalue weighted by atomic mass is 35.9. The van der Waals surface area contributed by atoms with Crippen LogP contribution in [-0.4, -0.2) is 0 Å². The quantitative estimate of drug-likeness (QED) is 0.347. The van der Waals surface area contributed by atoms with Gasteiger partial charge in [-0.1, -0.05) is 83.2 Å². The number of halogens is 2. The molecule has 0 amide bonds. The topological polar surface area (TPSA) is 26.9 Å². The Morgan fingerprint density at radius 1 is 1.09 bits per heavy atom. The summed E-state index contributed by atoms with van der Waals surface area (Å²) in [6.45, 7) is 0.475. The Hall–Kier alpha value is -1.12. The molecule has 0 spiro atoms. The standard InChI is InChI=1S/C17H14Cl2NOPS/c1-2-15-20(13-10-6-7-11-14(13)23-15)17(22(18)19)16(21)12-8-4-3-5-9-12/h3-11H,2H2,1H3/b17-16+. The van der Waals surface area contributed by atoms with E-state index >= 15 is 0 Å². The van der Waals surface area contributed by atoms with Crippen LogP contribution in [0.5, 0.6) is 0 Å². The van der Waals surface area contributed by atoms with E-state index in [9.17, 15) is 5.11 Å². The first-order chi connectivity index (χ1) is 11.1. The summed E-state index contributed by atoms with van der Waals surface area (Å²) in [5.41, 5.74) is 2.02. The van der Waals surface area contributed by atoms with Crippen LogP contribution in [0.25, 0.3) is 21.4 Å². The molecule has 118 valence electrons. The van der Waals surface area contributed by atoms with Gasteiger partial charge in [0.2, 0.25) is 16.0 Å². The van der Waals surface area contributed by atoms with Crippen molar-refractivity contribution in [2.45, 2.75) is 13.3 Å². The number of hydrogen-bond donors (Lipinski definition) is 0. The van der Waals surface area contributed by atoms with Gasteiger partial charge in [-0.25, -0.2) is 0 Å². The first-order valence-electron chi connectivity index (χ1n) is 7.14. The predicted octanol–water partition coefficient (Wildman–Crippen LogP) is 5.18. The molecule has 0 N–H and O–H groups in total. The van der Waals surface area contributed by atoms with Crippen LogP contribution < -0.4 is 9.67 Å². The van der Waals surface area contributed by atoms with Gasteiger partial charge in [0, 0.05) is 12.5 Å². The lowest BCUT2D eigenvalue weighted by Crippen LogP contribution is -2.35. The van der Waals surface area contributed by atoms with Crippen molar-refractivity contribution < 1.29 is 9.67 Å². The van der Waals surface area contributed by atoms with Gasteiger partial charge in [0.05, 0.1) is 0 Å². The van der Waals surface area contributed by atoms with E-state index in [1.54, 1.807) is 23.5 Å². The van der Waals surface area contributed by atoms with Gasteiger partial charge in [-0.15, -0.1) is 4.57 Å². The second-order valence-corrected chi connectivity index (χ2v) is 9.46. The molecule has 2 nitrogen and oxygen atoms in total. The number of nitrogens with zero attached hydrogens (tertiary/aromatic N) is 1. The average Bonchev–Trinajstić information content (AvgIpc) is 2.94. The maximum Gasteiger partial charge on any atom is 0.243 e. The van der Waals surface area contributed by atoms with Gasteiger partial charge >= 0.3 is 0 Å². The molecule has 1 heterocycles. The van der Waals surface area contributed by atoms with Gasteiger partial charge in [-0.3, -0.25) is 0 Å². The first kappa shape index (κ1) is 16.7. The van der Waals surface area contributed by atoms with Crippen LogP contribution in [-0.2, 0) is 6.42 Å². The summed E-state index contributed by atoms with van der Waals surface area (Å²) in [6, 6.07) is 17.1. The number of para-hydroxylation sites is 1. The van der Waals surface area contributed by atoms with E-state index in [0.29, 0.717) is 11.0 Å². The SMILES string of the molecule is CCc1sc2ccccc2[n+]1/C(=C(\[O-])c1ccccc1)P(Cl)Cl. The molecule has 6 heteroatoms. The van der Waals surface area contributed by atoms with Crippen molar-refractivity contribution in [1.29, 1.82) is 0 Å². The molecule has 3 aromatic rings. The largest absolute Gasteiger partial charge is 0.867 e. The number of benzene rings is 2. The zero-order valence-electron chi connectivity index (χ0n) is 12.4. The zero-order chi connectivity index (χ0) is 16.4. The summed E-state index contributed by atoms with van der Waals surface area (Å²) in [4.78, 5) is 0. The van der Waals surface area contributed by atoms with Crippen molar-refractivity contribution in [2.24, 2.45) is 0 Å². The van der Waals surface area contributed by atoms with Gasteiger partial charge in [0.1, 0.15) is 4.70 Å². The summed E-state index contributed by atoms with van der Waals surface area (Å²) in [6.07, 6.45) is 0.807. The van der Waals surface area contributed by atoms with Crippen LogP contribution in [0, 0.1) is 0 Å². The molecule has 0 saturated carbocycles. The van der Waals surface area contributed by atoms with E-state index in [1.165, 1.54) is 0 Å². The Morgan fingerprint density at radius 2 is 1.74 bits per heavy atom. The van der Waals surface area contributed by atoms with Crippen molar-refractivity contribution in [3.8, 4) is 0 Å². The number of rotatable bonds is 4. The maximum absolute atomic E-state index is 13.0. The molecule has 3 rings (SSSR count). The lowest BCUT2D eigenvalue weighted by atomic mass is 10.2. The van der Waals surface area contributed by atoms with Crippen LogP contribution >= 0.6 is 40.4 Å². The van der Waals surface area contributed by atoms with Crippen molar-refractivity contribution in [3.63, 3.8) is 0 Å². The fraction of sp³-hybridized carbons (Fsp3) is 0.118. The number of hydrogen-bond acceptors (Lipinski definition) is 2. The second kappa shape index (κ2) is 7.19. The highest BCUT2D eigenvalue weighted by Crippen LogP contribution is 2.57. The van der Waals surface area contributed by atoms with Gasteiger partial charge in [-0.05, 0) is 17.4 Å². The molecular formula is C17H14Cl2NOPS. The number of aryl methyl sites for hydroxylation is 1. The lowest BCUT2D eigenvalue weighted by molar-refractivity contribution is -0.550. The highest BCUT2D eigenvalue weighted by molar-refractivity contribution is 8.10. The van der Waals surface area contributed by atoms with Crippen LogP contribution in [0.4, 0.5) is 0 Å². The summed E-state index contributed by atoms with van der Waals surface area (Å²) < 4.78 is 3.06. The fourth-order valence-electron chi connectivity index (χ4n) is 2.47. The summed E-state index contributed by atoms with van der Waals surface area (Å²) >= 11 is 14.2. The molecule has 0 aliphatic rings. The highest BCUT2D eigenvalue weighted by Gasteiger charge is 2.29. The van der Waals surface area contributed by atoms with Crippen LogP contribution in [0.15, 0.2) is 54.6 Å². The summed E-state index contributed by atoms with van der Waals surface area (Å²) in [7, 11) is 0. The van der Waals surface area contributed by atoms with E-state index in [-0.39, 0.29) is 5.76 Å². The molecular weight excluding hydrogens is 368 g/mol. The molecule has 0 aliphatic heterocycles. The maximum atomic E-state index is 13.0. The van der Waals surface area contributed by atoms with E-state index < -0.39 is 6.63 Å². The minimum absolute atomic E-state index is 0.120. The minimum Gasteiger partial charge on any atom is -0.867 e. The molecule has 0 atom stereocenters. The third-order valence-electron chi connectivity index (χ3n) is 3.50. The smallest absolute Gasteiger partial charge is 0.243 e. The van der Waals surface area contributed by atoms with Crippen LogP contribution in [0.3, 0.4) is 0 Å². The molecule has 0 aliphatic carbocycles. The third kappa shape index (κ3) is 3.25. The molecule has 0 saturated heterocycles. The minimum atomic E-state index is -1.59. The molecule has 2 aromatic carbocycles. The molecule has 23 heavy (non-hydrogen) atoms. The van der Waals surface area contributed by atoms with Gasteiger partial charge in [0.25, 0.3) is 0 Å². The molecule has 0 unspecified atom stereocenters. The normalized spacial score (nSPS) is 12.7. The molecule has 0 fully saturated rings. The zero-order valence-corrected chi connectivity index (χ0v) is 15.6. The van der Waals surface area contributed by atoms with Crippen molar-refractivity contribution in [3.05, 3.63) is 65.2 Å². The van der Waals surface area contributed by atoms with Crippen molar-refractivity contribution in [2.75, 3.05) is 0 Å².